The molecular weight excluding hydrogens is 347 g/mol. The Morgan fingerprint density at radius 1 is 1.37 bits per heavy atom. The van der Waals surface area contributed by atoms with Gasteiger partial charge in [0.15, 0.2) is 0 Å². The summed E-state index contributed by atoms with van der Waals surface area (Å²) >= 11 is 0. The van der Waals surface area contributed by atoms with Crippen molar-refractivity contribution in [3.05, 3.63) is 47.3 Å². The number of carbonyl (C=O) groups excluding carboxylic acids is 1. The number of amides is 1. The number of hydrogen-bond acceptors (Lipinski definition) is 4. The molecule has 1 heterocycles. The average molecular weight is 372 g/mol. The molecule has 1 amide bonds. The Balaban J connectivity index is 1.74. The van der Waals surface area contributed by atoms with Crippen LogP contribution in [0.4, 0.5) is 15.8 Å². The zero-order valence-corrected chi connectivity index (χ0v) is 16.1. The van der Waals surface area contributed by atoms with Crippen LogP contribution in [-0.2, 0) is 11.2 Å². The van der Waals surface area contributed by atoms with Crippen LogP contribution in [0.25, 0.3) is 0 Å². The zero-order valence-electron chi connectivity index (χ0n) is 16.1. The minimum absolute atomic E-state index is 0.127. The van der Waals surface area contributed by atoms with Gasteiger partial charge >= 0.3 is 0 Å². The number of halogens is 1. The van der Waals surface area contributed by atoms with Gasteiger partial charge in [-0.15, -0.1) is 0 Å². The van der Waals surface area contributed by atoms with Gasteiger partial charge in [0, 0.05) is 23.7 Å². The van der Waals surface area contributed by atoms with E-state index in [9.17, 15) is 9.18 Å². The van der Waals surface area contributed by atoms with Gasteiger partial charge in [-0.1, -0.05) is 6.07 Å². The number of rotatable bonds is 6. The van der Waals surface area contributed by atoms with Crippen LogP contribution in [0.2, 0.25) is 0 Å². The molecule has 1 aliphatic rings. The van der Waals surface area contributed by atoms with Gasteiger partial charge in [0.2, 0.25) is 5.91 Å². The van der Waals surface area contributed by atoms with E-state index in [-0.39, 0.29) is 17.8 Å². The number of fused-ring (bicyclic) bond motifs is 1. The van der Waals surface area contributed by atoms with Crippen LogP contribution >= 0.6 is 0 Å². The van der Waals surface area contributed by atoms with Crippen molar-refractivity contribution < 1.29 is 18.7 Å². The summed E-state index contributed by atoms with van der Waals surface area (Å²) in [5, 5.41) is 5.90. The summed E-state index contributed by atoms with van der Waals surface area (Å²) in [7, 11) is 0. The predicted molar refractivity (Wildman–Crippen MR) is 104 cm³/mol. The number of ether oxygens (including phenoxy) is 2. The Hall–Kier alpha value is -2.76. The third-order valence-corrected chi connectivity index (χ3v) is 4.50. The topological polar surface area (TPSA) is 59.6 Å². The van der Waals surface area contributed by atoms with Crippen LogP contribution in [0.1, 0.15) is 31.9 Å². The number of benzene rings is 2. The fraction of sp³-hybridized carbons (Fsp3) is 0.381. The third kappa shape index (κ3) is 4.32. The molecule has 0 saturated heterocycles. The molecule has 2 unspecified atom stereocenters. The summed E-state index contributed by atoms with van der Waals surface area (Å²) in [5.41, 5.74) is 2.76. The molecule has 3 rings (SSSR count). The Kier molecular flexibility index (Phi) is 5.54. The SMILES string of the molecule is CCOc1cc2c(cc1NC(C)C(=O)Nc1ccc(C)c(F)c1)OC(C)C2. The Morgan fingerprint density at radius 2 is 2.15 bits per heavy atom. The molecule has 0 bridgehead atoms. The predicted octanol–water partition coefficient (Wildman–Crippen LogP) is 4.30. The highest BCUT2D eigenvalue weighted by molar-refractivity contribution is 5.96. The van der Waals surface area contributed by atoms with Crippen LogP contribution in [0.5, 0.6) is 11.5 Å². The highest BCUT2D eigenvalue weighted by Crippen LogP contribution is 2.38. The maximum atomic E-state index is 13.7. The number of carbonyl (C=O) groups is 1. The molecule has 2 aromatic carbocycles. The molecular formula is C21H25FN2O3. The second-order valence-corrected chi connectivity index (χ2v) is 6.84. The van der Waals surface area contributed by atoms with Crippen LogP contribution in [0.15, 0.2) is 30.3 Å². The fourth-order valence-corrected chi connectivity index (χ4v) is 3.05. The summed E-state index contributed by atoms with van der Waals surface area (Å²) < 4.78 is 25.2. The molecule has 0 spiro atoms. The van der Waals surface area contributed by atoms with Gasteiger partial charge in [0.1, 0.15) is 29.5 Å². The number of nitrogens with one attached hydrogen (secondary N) is 2. The van der Waals surface area contributed by atoms with E-state index < -0.39 is 6.04 Å². The van der Waals surface area contributed by atoms with E-state index in [0.29, 0.717) is 29.3 Å². The van der Waals surface area contributed by atoms with Crippen molar-refractivity contribution in [1.82, 2.24) is 0 Å². The first-order valence-corrected chi connectivity index (χ1v) is 9.17. The smallest absolute Gasteiger partial charge is 0.246 e. The molecule has 6 heteroatoms. The van der Waals surface area contributed by atoms with Gasteiger partial charge in [-0.2, -0.15) is 0 Å². The van der Waals surface area contributed by atoms with Crippen molar-refractivity contribution in [1.29, 1.82) is 0 Å². The van der Waals surface area contributed by atoms with Crippen molar-refractivity contribution in [2.75, 3.05) is 17.2 Å². The van der Waals surface area contributed by atoms with Crippen molar-refractivity contribution in [2.45, 2.75) is 46.3 Å². The number of anilines is 2. The van der Waals surface area contributed by atoms with Gasteiger partial charge < -0.3 is 20.1 Å². The highest BCUT2D eigenvalue weighted by Gasteiger charge is 2.23. The molecule has 0 aromatic heterocycles. The molecule has 0 fully saturated rings. The molecule has 0 saturated carbocycles. The van der Waals surface area contributed by atoms with Crippen molar-refractivity contribution in [2.24, 2.45) is 0 Å². The monoisotopic (exact) mass is 372 g/mol. The molecule has 144 valence electrons. The van der Waals surface area contributed by atoms with Crippen molar-refractivity contribution in [3.8, 4) is 11.5 Å². The summed E-state index contributed by atoms with van der Waals surface area (Å²) in [4.78, 5) is 12.5. The van der Waals surface area contributed by atoms with E-state index in [1.807, 2.05) is 26.0 Å². The van der Waals surface area contributed by atoms with Crippen LogP contribution in [-0.4, -0.2) is 24.7 Å². The van der Waals surface area contributed by atoms with E-state index >= 15 is 0 Å². The molecule has 5 nitrogen and oxygen atoms in total. The Morgan fingerprint density at radius 3 is 2.85 bits per heavy atom. The third-order valence-electron chi connectivity index (χ3n) is 4.50. The molecule has 0 radical (unpaired) electrons. The van der Waals surface area contributed by atoms with E-state index in [2.05, 4.69) is 10.6 Å². The lowest BCUT2D eigenvalue weighted by Crippen LogP contribution is -2.32. The summed E-state index contributed by atoms with van der Waals surface area (Å²) in [5.74, 6) is 0.879. The van der Waals surface area contributed by atoms with E-state index in [4.69, 9.17) is 9.47 Å². The highest BCUT2D eigenvalue weighted by atomic mass is 19.1. The maximum Gasteiger partial charge on any atom is 0.246 e. The van der Waals surface area contributed by atoms with Gasteiger partial charge in [0.05, 0.1) is 12.3 Å². The summed E-state index contributed by atoms with van der Waals surface area (Å²) in [6, 6.07) is 7.92. The average Bonchev–Trinajstić information content (AvgIpc) is 2.97. The van der Waals surface area contributed by atoms with Gasteiger partial charge in [0.25, 0.3) is 0 Å². The lowest BCUT2D eigenvalue weighted by molar-refractivity contribution is -0.116. The zero-order chi connectivity index (χ0) is 19.6. The van der Waals surface area contributed by atoms with Crippen LogP contribution < -0.4 is 20.1 Å². The first kappa shape index (κ1) is 19.0. The van der Waals surface area contributed by atoms with E-state index in [0.717, 1.165) is 17.7 Å². The second-order valence-electron chi connectivity index (χ2n) is 6.84. The quantitative estimate of drug-likeness (QED) is 0.794. The summed E-state index contributed by atoms with van der Waals surface area (Å²) in [6.45, 7) is 7.87. The molecule has 2 atom stereocenters. The first-order valence-electron chi connectivity index (χ1n) is 9.17. The lowest BCUT2D eigenvalue weighted by atomic mass is 10.1. The van der Waals surface area contributed by atoms with Gasteiger partial charge in [-0.25, -0.2) is 4.39 Å². The Bertz CT molecular complexity index is 854. The molecule has 2 aromatic rings. The van der Waals surface area contributed by atoms with Crippen molar-refractivity contribution >= 4 is 17.3 Å². The second kappa shape index (κ2) is 7.86. The molecule has 2 N–H and O–H groups in total. The largest absolute Gasteiger partial charge is 0.492 e. The minimum atomic E-state index is -0.551. The fourth-order valence-electron chi connectivity index (χ4n) is 3.05. The lowest BCUT2D eigenvalue weighted by Gasteiger charge is -2.19. The molecule has 0 aliphatic carbocycles. The molecule has 1 aliphatic heterocycles. The Labute approximate surface area is 158 Å². The normalized spacial score (nSPS) is 16.3. The van der Waals surface area contributed by atoms with Gasteiger partial charge in [-0.3, -0.25) is 4.79 Å². The number of aryl methyl sites for hydroxylation is 1. The number of hydrogen-bond donors (Lipinski definition) is 2. The van der Waals surface area contributed by atoms with Gasteiger partial charge in [-0.05, 0) is 51.5 Å². The van der Waals surface area contributed by atoms with E-state index in [1.54, 1.807) is 26.0 Å². The van der Waals surface area contributed by atoms with Crippen LogP contribution in [0.3, 0.4) is 0 Å². The first-order chi connectivity index (χ1) is 12.9. The summed E-state index contributed by atoms with van der Waals surface area (Å²) in [6.07, 6.45) is 0.965. The standard InChI is InChI=1S/C21H25FN2O3/c1-5-26-20-9-15-8-13(3)27-19(15)11-18(20)23-14(4)21(25)24-16-7-6-12(2)17(22)10-16/h6-7,9-11,13-14,23H,5,8H2,1-4H3,(H,24,25). The van der Waals surface area contributed by atoms with E-state index in [1.165, 1.54) is 6.07 Å². The van der Waals surface area contributed by atoms with Crippen LogP contribution in [0, 0.1) is 12.7 Å². The molecule has 27 heavy (non-hydrogen) atoms. The minimum Gasteiger partial charge on any atom is -0.492 e. The van der Waals surface area contributed by atoms with Crippen molar-refractivity contribution in [3.63, 3.8) is 0 Å². The maximum absolute atomic E-state index is 13.7.